The molecule has 29 heavy (non-hydrogen) atoms. The van der Waals surface area contributed by atoms with Gasteiger partial charge in [0.1, 0.15) is 0 Å². The van der Waals surface area contributed by atoms with Crippen molar-refractivity contribution in [1.82, 2.24) is 5.32 Å². The number of carbonyl (C=O) groups excluding carboxylic acids is 2. The standard InChI is InChI=1S/C20H21F2NO6/c1-26-11-14-4-3-5-15(8-14)19(25)28-12-18(24)23-10-13-6-7-16(29-20(21)22)17(9-13)27-2/h3-9,20H,10-12H2,1-2H3,(H,23,24). The molecule has 0 saturated heterocycles. The minimum absolute atomic E-state index is 0.0883. The van der Waals surface area contributed by atoms with E-state index < -0.39 is 25.1 Å². The lowest BCUT2D eigenvalue weighted by molar-refractivity contribution is -0.124. The first-order valence-electron chi connectivity index (χ1n) is 8.56. The number of benzene rings is 2. The zero-order valence-corrected chi connectivity index (χ0v) is 15.9. The minimum Gasteiger partial charge on any atom is -0.493 e. The molecule has 0 aliphatic carbocycles. The molecule has 0 radical (unpaired) electrons. The van der Waals surface area contributed by atoms with Crippen molar-refractivity contribution in [2.45, 2.75) is 19.8 Å². The number of ether oxygens (including phenoxy) is 4. The van der Waals surface area contributed by atoms with Gasteiger partial charge in [0, 0.05) is 13.7 Å². The van der Waals surface area contributed by atoms with Crippen molar-refractivity contribution in [3.8, 4) is 11.5 Å². The van der Waals surface area contributed by atoms with Crippen LogP contribution in [0.1, 0.15) is 21.5 Å². The number of hydrogen-bond acceptors (Lipinski definition) is 6. The highest BCUT2D eigenvalue weighted by molar-refractivity contribution is 5.91. The van der Waals surface area contributed by atoms with Crippen molar-refractivity contribution < 1.29 is 37.3 Å². The minimum atomic E-state index is -2.97. The Hall–Kier alpha value is -3.20. The molecule has 2 aromatic carbocycles. The normalized spacial score (nSPS) is 10.5. The maximum Gasteiger partial charge on any atom is 0.387 e. The van der Waals surface area contributed by atoms with Gasteiger partial charge in [0.2, 0.25) is 0 Å². The van der Waals surface area contributed by atoms with Crippen LogP contribution in [-0.4, -0.2) is 39.3 Å². The molecule has 0 aliphatic heterocycles. The lowest BCUT2D eigenvalue weighted by Gasteiger charge is -2.12. The van der Waals surface area contributed by atoms with Crippen LogP contribution in [0.5, 0.6) is 11.5 Å². The Balaban J connectivity index is 1.85. The molecule has 0 bridgehead atoms. The first kappa shape index (κ1) is 22.1. The predicted octanol–water partition coefficient (Wildman–Crippen LogP) is 2.92. The molecular formula is C20H21F2NO6. The van der Waals surface area contributed by atoms with E-state index in [1.54, 1.807) is 31.4 Å². The van der Waals surface area contributed by atoms with Gasteiger partial charge >= 0.3 is 12.6 Å². The SMILES string of the molecule is COCc1cccc(C(=O)OCC(=O)NCc2ccc(OC(F)F)c(OC)c2)c1. The smallest absolute Gasteiger partial charge is 0.387 e. The number of methoxy groups -OCH3 is 2. The summed E-state index contributed by atoms with van der Waals surface area (Å²) in [6.07, 6.45) is 0. The number of rotatable bonds is 10. The van der Waals surface area contributed by atoms with E-state index in [1.807, 2.05) is 0 Å². The molecule has 1 amide bonds. The first-order chi connectivity index (χ1) is 13.9. The van der Waals surface area contributed by atoms with E-state index >= 15 is 0 Å². The van der Waals surface area contributed by atoms with Crippen molar-refractivity contribution in [3.63, 3.8) is 0 Å². The second-order valence-electron chi connectivity index (χ2n) is 5.85. The first-order valence-corrected chi connectivity index (χ1v) is 8.56. The van der Waals surface area contributed by atoms with Crippen molar-refractivity contribution in [1.29, 1.82) is 0 Å². The molecule has 0 aromatic heterocycles. The van der Waals surface area contributed by atoms with Gasteiger partial charge < -0.3 is 24.3 Å². The topological polar surface area (TPSA) is 83.1 Å². The largest absolute Gasteiger partial charge is 0.493 e. The van der Waals surface area contributed by atoms with Crippen LogP contribution >= 0.6 is 0 Å². The van der Waals surface area contributed by atoms with Crippen molar-refractivity contribution >= 4 is 11.9 Å². The van der Waals surface area contributed by atoms with Gasteiger partial charge in [0.15, 0.2) is 18.1 Å². The molecule has 1 N–H and O–H groups in total. The van der Waals surface area contributed by atoms with Crippen molar-refractivity contribution in [2.75, 3.05) is 20.8 Å². The summed E-state index contributed by atoms with van der Waals surface area (Å²) in [5, 5.41) is 2.57. The van der Waals surface area contributed by atoms with Crippen LogP contribution in [0.25, 0.3) is 0 Å². The molecular weight excluding hydrogens is 388 g/mol. The van der Waals surface area contributed by atoms with Crippen LogP contribution in [0.2, 0.25) is 0 Å². The quantitative estimate of drug-likeness (QED) is 0.608. The average Bonchev–Trinajstić information content (AvgIpc) is 2.71. The Morgan fingerprint density at radius 1 is 1.03 bits per heavy atom. The highest BCUT2D eigenvalue weighted by atomic mass is 19.3. The Labute approximate surface area is 166 Å². The molecule has 0 saturated carbocycles. The maximum atomic E-state index is 12.3. The zero-order valence-electron chi connectivity index (χ0n) is 15.9. The van der Waals surface area contributed by atoms with Crippen LogP contribution in [-0.2, 0) is 27.4 Å². The van der Waals surface area contributed by atoms with Gasteiger partial charge in [-0.05, 0) is 35.4 Å². The van der Waals surface area contributed by atoms with E-state index in [0.717, 1.165) is 5.56 Å². The van der Waals surface area contributed by atoms with Crippen molar-refractivity contribution in [2.24, 2.45) is 0 Å². The highest BCUT2D eigenvalue weighted by Gasteiger charge is 2.13. The van der Waals surface area contributed by atoms with Crippen LogP contribution in [0.15, 0.2) is 42.5 Å². The predicted molar refractivity (Wildman–Crippen MR) is 98.9 cm³/mol. The van der Waals surface area contributed by atoms with Gasteiger partial charge in [-0.3, -0.25) is 4.79 Å². The molecule has 2 aromatic rings. The number of hydrogen-bond donors (Lipinski definition) is 1. The number of esters is 1. The van der Waals surface area contributed by atoms with Gasteiger partial charge in [0.25, 0.3) is 5.91 Å². The van der Waals surface area contributed by atoms with Gasteiger partial charge in [0.05, 0.1) is 19.3 Å². The second kappa shape index (κ2) is 11.0. The van der Waals surface area contributed by atoms with E-state index in [0.29, 0.717) is 17.7 Å². The van der Waals surface area contributed by atoms with E-state index in [1.165, 1.54) is 25.3 Å². The van der Waals surface area contributed by atoms with Gasteiger partial charge in [-0.15, -0.1) is 0 Å². The Morgan fingerprint density at radius 3 is 2.52 bits per heavy atom. The molecule has 0 atom stereocenters. The number of alkyl halides is 2. The van der Waals surface area contributed by atoms with Crippen LogP contribution in [0, 0.1) is 0 Å². The summed E-state index contributed by atoms with van der Waals surface area (Å²) < 4.78 is 44.0. The highest BCUT2D eigenvalue weighted by Crippen LogP contribution is 2.29. The molecule has 9 heteroatoms. The van der Waals surface area contributed by atoms with E-state index in [2.05, 4.69) is 10.1 Å². The van der Waals surface area contributed by atoms with Crippen molar-refractivity contribution in [3.05, 3.63) is 59.2 Å². The molecule has 156 valence electrons. The number of nitrogens with one attached hydrogen (secondary N) is 1. The molecule has 2 rings (SSSR count). The maximum absolute atomic E-state index is 12.3. The third-order valence-electron chi connectivity index (χ3n) is 3.74. The fourth-order valence-corrected chi connectivity index (χ4v) is 2.44. The molecule has 7 nitrogen and oxygen atoms in total. The van der Waals surface area contributed by atoms with Crippen LogP contribution < -0.4 is 14.8 Å². The fourth-order valence-electron chi connectivity index (χ4n) is 2.44. The van der Waals surface area contributed by atoms with E-state index in [9.17, 15) is 18.4 Å². The van der Waals surface area contributed by atoms with Crippen LogP contribution in [0.4, 0.5) is 8.78 Å². The Kier molecular flexibility index (Phi) is 8.35. The summed E-state index contributed by atoms with van der Waals surface area (Å²) >= 11 is 0. The summed E-state index contributed by atoms with van der Waals surface area (Å²) in [5.41, 5.74) is 1.71. The van der Waals surface area contributed by atoms with Gasteiger partial charge in [-0.2, -0.15) is 8.78 Å². The summed E-state index contributed by atoms with van der Waals surface area (Å²) in [4.78, 5) is 24.0. The number of amides is 1. The summed E-state index contributed by atoms with van der Waals surface area (Å²) in [6.45, 7) is -2.99. The zero-order chi connectivity index (χ0) is 21.2. The number of carbonyl (C=O) groups is 2. The molecule has 0 spiro atoms. The summed E-state index contributed by atoms with van der Waals surface area (Å²) in [7, 11) is 2.86. The molecule has 0 heterocycles. The summed E-state index contributed by atoms with van der Waals surface area (Å²) in [5.74, 6) is -1.15. The van der Waals surface area contributed by atoms with Gasteiger partial charge in [-0.25, -0.2) is 4.79 Å². The third-order valence-corrected chi connectivity index (χ3v) is 3.74. The number of halogens is 2. The van der Waals surface area contributed by atoms with E-state index in [4.69, 9.17) is 14.2 Å². The summed E-state index contributed by atoms with van der Waals surface area (Å²) in [6, 6.07) is 11.0. The third kappa shape index (κ3) is 7.04. The van der Waals surface area contributed by atoms with Gasteiger partial charge in [-0.1, -0.05) is 18.2 Å². The fraction of sp³-hybridized carbons (Fsp3) is 0.300. The lowest BCUT2D eigenvalue weighted by atomic mass is 10.1. The van der Waals surface area contributed by atoms with Crippen LogP contribution in [0.3, 0.4) is 0 Å². The Bertz CT molecular complexity index is 843. The molecule has 0 fully saturated rings. The molecule has 0 aliphatic rings. The Morgan fingerprint density at radius 2 is 1.83 bits per heavy atom. The van der Waals surface area contributed by atoms with E-state index in [-0.39, 0.29) is 18.0 Å². The lowest BCUT2D eigenvalue weighted by Crippen LogP contribution is -2.28. The molecule has 0 unspecified atom stereocenters. The average molecular weight is 409 g/mol. The monoisotopic (exact) mass is 409 g/mol. The second-order valence-corrected chi connectivity index (χ2v) is 5.85.